The van der Waals surface area contributed by atoms with Crippen molar-refractivity contribution in [1.29, 1.82) is 0 Å². The minimum Gasteiger partial charge on any atom is -0.325 e. The number of nitrogens with one attached hydrogen (secondary N) is 1. The maximum Gasteiger partial charge on any atom is 0.234 e. The molecule has 0 radical (unpaired) electrons. The second kappa shape index (κ2) is 9.49. The SMILES string of the molecule is CCc1ccc2nc(-c3ccc(F)cc3)nc(SCC(=O)Nc3cc(C)ccc3C)c2c1. The van der Waals surface area contributed by atoms with Gasteiger partial charge in [0.25, 0.3) is 0 Å². The number of hydrogen-bond acceptors (Lipinski definition) is 4. The lowest BCUT2D eigenvalue weighted by Gasteiger charge is -2.11. The highest BCUT2D eigenvalue weighted by Crippen LogP contribution is 2.30. The Kier molecular flexibility index (Phi) is 6.51. The van der Waals surface area contributed by atoms with Crippen molar-refractivity contribution < 1.29 is 9.18 Å². The molecule has 0 aliphatic rings. The summed E-state index contributed by atoms with van der Waals surface area (Å²) in [6.45, 7) is 6.07. The highest BCUT2D eigenvalue weighted by molar-refractivity contribution is 8.00. The number of carbonyl (C=O) groups is 1. The maximum absolute atomic E-state index is 13.4. The second-order valence-corrected chi connectivity index (χ2v) is 8.68. The summed E-state index contributed by atoms with van der Waals surface area (Å²) in [7, 11) is 0. The van der Waals surface area contributed by atoms with Crippen LogP contribution in [0, 0.1) is 19.7 Å². The van der Waals surface area contributed by atoms with Gasteiger partial charge < -0.3 is 5.32 Å². The molecule has 1 N–H and O–H groups in total. The number of benzene rings is 3. The van der Waals surface area contributed by atoms with Gasteiger partial charge in [0.1, 0.15) is 10.8 Å². The fourth-order valence-corrected chi connectivity index (χ4v) is 4.21. The van der Waals surface area contributed by atoms with Crippen LogP contribution < -0.4 is 5.32 Å². The molecule has 6 heteroatoms. The molecule has 3 aromatic carbocycles. The van der Waals surface area contributed by atoms with Gasteiger partial charge in [-0.2, -0.15) is 0 Å². The zero-order valence-corrected chi connectivity index (χ0v) is 19.1. The number of aryl methyl sites for hydroxylation is 3. The van der Waals surface area contributed by atoms with Gasteiger partial charge >= 0.3 is 0 Å². The van der Waals surface area contributed by atoms with Gasteiger partial charge in [0.15, 0.2) is 5.82 Å². The van der Waals surface area contributed by atoms with Crippen molar-refractivity contribution in [2.45, 2.75) is 32.2 Å². The van der Waals surface area contributed by atoms with Gasteiger partial charge in [-0.25, -0.2) is 14.4 Å². The molecule has 0 fully saturated rings. The average Bonchev–Trinajstić information content (AvgIpc) is 2.80. The largest absolute Gasteiger partial charge is 0.325 e. The molecular formula is C26H24FN3OS. The van der Waals surface area contributed by atoms with Crippen LogP contribution in [0.4, 0.5) is 10.1 Å². The summed E-state index contributed by atoms with van der Waals surface area (Å²) in [6.07, 6.45) is 0.896. The Morgan fingerprint density at radius 2 is 1.78 bits per heavy atom. The zero-order chi connectivity index (χ0) is 22.7. The van der Waals surface area contributed by atoms with Gasteiger partial charge in [-0.1, -0.05) is 36.9 Å². The first-order chi connectivity index (χ1) is 15.4. The maximum atomic E-state index is 13.4. The van der Waals surface area contributed by atoms with Crippen LogP contribution in [0.2, 0.25) is 0 Å². The number of aromatic nitrogens is 2. The summed E-state index contributed by atoms with van der Waals surface area (Å²) in [5.41, 5.74) is 5.65. The Morgan fingerprint density at radius 1 is 1.00 bits per heavy atom. The van der Waals surface area contributed by atoms with Crippen molar-refractivity contribution in [2.24, 2.45) is 0 Å². The molecule has 0 bridgehead atoms. The van der Waals surface area contributed by atoms with E-state index < -0.39 is 0 Å². The van der Waals surface area contributed by atoms with Crippen molar-refractivity contribution in [3.8, 4) is 11.4 Å². The summed E-state index contributed by atoms with van der Waals surface area (Å²) in [4.78, 5) is 22.1. The van der Waals surface area contributed by atoms with Crippen molar-refractivity contribution in [3.63, 3.8) is 0 Å². The van der Waals surface area contributed by atoms with E-state index in [0.29, 0.717) is 5.82 Å². The molecule has 0 saturated carbocycles. The summed E-state index contributed by atoms with van der Waals surface area (Å²) >= 11 is 1.38. The van der Waals surface area contributed by atoms with E-state index in [-0.39, 0.29) is 17.5 Å². The fourth-order valence-electron chi connectivity index (χ4n) is 3.40. The van der Waals surface area contributed by atoms with E-state index in [1.165, 1.54) is 29.5 Å². The molecule has 0 unspecified atom stereocenters. The third-order valence-electron chi connectivity index (χ3n) is 5.24. The number of hydrogen-bond donors (Lipinski definition) is 1. The molecule has 0 atom stereocenters. The van der Waals surface area contributed by atoms with Crippen molar-refractivity contribution >= 4 is 34.3 Å². The molecule has 0 spiro atoms. The van der Waals surface area contributed by atoms with Crippen LogP contribution in [0.5, 0.6) is 0 Å². The summed E-state index contributed by atoms with van der Waals surface area (Å²) < 4.78 is 13.4. The number of carbonyl (C=O) groups excluding carboxylic acids is 1. The lowest BCUT2D eigenvalue weighted by atomic mass is 10.1. The number of halogens is 1. The Bertz CT molecular complexity index is 1290. The zero-order valence-electron chi connectivity index (χ0n) is 18.3. The topological polar surface area (TPSA) is 54.9 Å². The second-order valence-electron chi connectivity index (χ2n) is 7.72. The molecule has 0 aliphatic carbocycles. The quantitative estimate of drug-likeness (QED) is 0.278. The van der Waals surface area contributed by atoms with Crippen LogP contribution in [-0.2, 0) is 11.2 Å². The molecule has 4 nitrogen and oxygen atoms in total. The number of thioether (sulfide) groups is 1. The Labute approximate surface area is 191 Å². The molecule has 162 valence electrons. The average molecular weight is 446 g/mol. The Morgan fingerprint density at radius 3 is 2.53 bits per heavy atom. The first kappa shape index (κ1) is 22.0. The van der Waals surface area contributed by atoms with Gasteiger partial charge in [0, 0.05) is 16.6 Å². The van der Waals surface area contributed by atoms with E-state index >= 15 is 0 Å². The number of anilines is 1. The monoisotopic (exact) mass is 445 g/mol. The van der Waals surface area contributed by atoms with Crippen LogP contribution in [0.1, 0.15) is 23.6 Å². The minimum absolute atomic E-state index is 0.0922. The molecule has 4 rings (SSSR count). The third-order valence-corrected chi connectivity index (χ3v) is 6.23. The van der Waals surface area contributed by atoms with E-state index in [4.69, 9.17) is 4.98 Å². The van der Waals surface area contributed by atoms with E-state index in [1.54, 1.807) is 12.1 Å². The van der Waals surface area contributed by atoms with Gasteiger partial charge in [-0.05, 0) is 79.4 Å². The standard InChI is InChI=1S/C26H24FN3OS/c1-4-18-7-12-22-21(14-18)26(30-25(29-22)19-8-10-20(27)11-9-19)32-15-24(31)28-23-13-16(2)5-6-17(23)3/h5-14H,4,15H2,1-3H3,(H,28,31). The first-order valence-corrected chi connectivity index (χ1v) is 11.5. The van der Waals surface area contributed by atoms with Gasteiger partial charge in [0.2, 0.25) is 5.91 Å². The molecule has 32 heavy (non-hydrogen) atoms. The normalized spacial score (nSPS) is 11.0. The smallest absolute Gasteiger partial charge is 0.234 e. The summed E-state index contributed by atoms with van der Waals surface area (Å²) in [6, 6.07) is 18.2. The first-order valence-electron chi connectivity index (χ1n) is 10.5. The van der Waals surface area contributed by atoms with E-state index in [1.807, 2.05) is 44.2 Å². The number of nitrogens with zero attached hydrogens (tertiary/aromatic N) is 2. The molecule has 1 amide bonds. The molecule has 0 aliphatic heterocycles. The highest BCUT2D eigenvalue weighted by Gasteiger charge is 2.13. The van der Waals surface area contributed by atoms with Crippen molar-refractivity contribution in [1.82, 2.24) is 9.97 Å². The van der Waals surface area contributed by atoms with Crippen molar-refractivity contribution in [3.05, 3.63) is 83.2 Å². The summed E-state index contributed by atoms with van der Waals surface area (Å²) in [5.74, 6) is 0.336. The molecule has 4 aromatic rings. The molecule has 0 saturated heterocycles. The number of fused-ring (bicyclic) bond motifs is 1. The lowest BCUT2D eigenvalue weighted by molar-refractivity contribution is -0.113. The lowest BCUT2D eigenvalue weighted by Crippen LogP contribution is -2.15. The van der Waals surface area contributed by atoms with Crippen LogP contribution in [0.25, 0.3) is 22.3 Å². The van der Waals surface area contributed by atoms with E-state index in [9.17, 15) is 9.18 Å². The predicted octanol–water partition coefficient (Wildman–Crippen LogP) is 6.35. The van der Waals surface area contributed by atoms with Gasteiger partial charge in [0.05, 0.1) is 11.3 Å². The van der Waals surface area contributed by atoms with Crippen molar-refractivity contribution in [2.75, 3.05) is 11.1 Å². The van der Waals surface area contributed by atoms with Gasteiger partial charge in [-0.15, -0.1) is 0 Å². The third kappa shape index (κ3) is 4.97. The highest BCUT2D eigenvalue weighted by atomic mass is 32.2. The van der Waals surface area contributed by atoms with Crippen LogP contribution in [0.3, 0.4) is 0 Å². The Balaban J connectivity index is 1.64. The van der Waals surface area contributed by atoms with Crippen LogP contribution >= 0.6 is 11.8 Å². The molecular weight excluding hydrogens is 421 g/mol. The molecule has 1 heterocycles. The van der Waals surface area contributed by atoms with E-state index in [0.717, 1.165) is 44.7 Å². The summed E-state index contributed by atoms with van der Waals surface area (Å²) in [5, 5.41) is 4.65. The number of rotatable bonds is 6. The van der Waals surface area contributed by atoms with Crippen LogP contribution in [-0.4, -0.2) is 21.6 Å². The number of amides is 1. The fraction of sp³-hybridized carbons (Fsp3) is 0.192. The Hall–Kier alpha value is -3.25. The minimum atomic E-state index is -0.306. The van der Waals surface area contributed by atoms with Crippen LogP contribution in [0.15, 0.2) is 65.7 Å². The van der Waals surface area contributed by atoms with Gasteiger partial charge in [-0.3, -0.25) is 4.79 Å². The predicted molar refractivity (Wildman–Crippen MR) is 130 cm³/mol. The van der Waals surface area contributed by atoms with E-state index in [2.05, 4.69) is 23.3 Å². The molecule has 1 aromatic heterocycles.